The van der Waals surface area contributed by atoms with Crippen molar-refractivity contribution in [1.29, 1.82) is 0 Å². The number of rotatable bonds is 3. The van der Waals surface area contributed by atoms with Crippen LogP contribution in [0.5, 0.6) is 0 Å². The molecular formula is C18H23AlN2. The van der Waals surface area contributed by atoms with Crippen LogP contribution in [0, 0.1) is 0 Å². The molecule has 2 aromatic heterocycles. The Labute approximate surface area is 131 Å². The third kappa shape index (κ3) is 4.03. The van der Waals surface area contributed by atoms with Crippen LogP contribution in [0.2, 0.25) is 15.8 Å². The van der Waals surface area contributed by atoms with Crippen molar-refractivity contribution in [2.24, 2.45) is 0 Å². The second-order valence-electron chi connectivity index (χ2n) is 5.31. The molecule has 0 amide bonds. The van der Waals surface area contributed by atoms with Gasteiger partial charge in [-0.2, -0.15) is 0 Å². The van der Waals surface area contributed by atoms with Crippen molar-refractivity contribution in [2.45, 2.75) is 36.6 Å². The molecule has 0 atom stereocenters. The molecule has 2 heterocycles. The summed E-state index contributed by atoms with van der Waals surface area (Å²) in [4.78, 5) is 8.69. The second-order valence-corrected chi connectivity index (χ2v) is 9.49. The lowest BCUT2D eigenvalue weighted by Crippen LogP contribution is -2.04. The summed E-state index contributed by atoms with van der Waals surface area (Å²) < 4.78 is 0. The summed E-state index contributed by atoms with van der Waals surface area (Å²) in [5.41, 5.74) is 1.95. The van der Waals surface area contributed by atoms with Gasteiger partial charge >= 0.3 is 0 Å². The van der Waals surface area contributed by atoms with Crippen LogP contribution in [0.15, 0.2) is 48.8 Å². The maximum absolute atomic E-state index is 4.35. The van der Waals surface area contributed by atoms with E-state index >= 15 is 0 Å². The van der Waals surface area contributed by atoms with Gasteiger partial charge in [0.1, 0.15) is 0 Å². The summed E-state index contributed by atoms with van der Waals surface area (Å²) in [6.07, 6.45) is 3.60. The van der Waals surface area contributed by atoms with Crippen molar-refractivity contribution in [1.82, 2.24) is 9.97 Å². The molecule has 0 aliphatic heterocycles. The highest BCUT2D eigenvalue weighted by Gasteiger charge is 2.05. The Bertz CT molecular complexity index is 632. The Hall–Kier alpha value is -1.43. The summed E-state index contributed by atoms with van der Waals surface area (Å²) in [6, 6.07) is 12.1. The highest BCUT2D eigenvalue weighted by molar-refractivity contribution is 6.58. The normalized spacial score (nSPS) is 10.2. The Morgan fingerprint density at radius 2 is 1.14 bits per heavy atom. The molecule has 3 rings (SSSR count). The van der Waals surface area contributed by atoms with Crippen molar-refractivity contribution in [2.75, 3.05) is 0 Å². The van der Waals surface area contributed by atoms with E-state index < -0.39 is 0 Å². The number of hydrogen-bond acceptors (Lipinski definition) is 2. The SMILES string of the molecule is C[CH2][Al]([CH2]C)[CH2]C.c1cnc2c(c1)ccc1cccnc12. The number of aromatic nitrogens is 2. The van der Waals surface area contributed by atoms with Gasteiger partial charge in [-0.05, 0) is 12.1 Å². The van der Waals surface area contributed by atoms with Gasteiger partial charge in [0.05, 0.1) is 11.0 Å². The monoisotopic (exact) mass is 294 g/mol. The number of nitrogens with zero attached hydrogens (tertiary/aromatic N) is 2. The predicted molar refractivity (Wildman–Crippen MR) is 94.2 cm³/mol. The van der Waals surface area contributed by atoms with Crippen molar-refractivity contribution in [3.8, 4) is 0 Å². The molecule has 3 aromatic rings. The largest absolute Gasteiger partial charge is 0.261 e. The molecule has 0 radical (unpaired) electrons. The lowest BCUT2D eigenvalue weighted by molar-refractivity contribution is 1.24. The molecule has 0 bridgehead atoms. The van der Waals surface area contributed by atoms with Crippen molar-refractivity contribution in [3.63, 3.8) is 0 Å². The molecular weight excluding hydrogens is 271 g/mol. The van der Waals surface area contributed by atoms with E-state index in [9.17, 15) is 0 Å². The van der Waals surface area contributed by atoms with Crippen LogP contribution in [-0.4, -0.2) is 24.1 Å². The van der Waals surface area contributed by atoms with E-state index in [0.717, 1.165) is 21.8 Å². The average Bonchev–Trinajstić information content (AvgIpc) is 2.57. The minimum atomic E-state index is -0.171. The fraction of sp³-hybridized carbons (Fsp3) is 0.333. The molecule has 0 spiro atoms. The van der Waals surface area contributed by atoms with Gasteiger partial charge in [0, 0.05) is 23.2 Å². The lowest BCUT2D eigenvalue weighted by Gasteiger charge is -2.00. The van der Waals surface area contributed by atoms with Gasteiger partial charge < -0.3 is 0 Å². The topological polar surface area (TPSA) is 25.8 Å². The van der Waals surface area contributed by atoms with Gasteiger partial charge in [-0.25, -0.2) is 0 Å². The van der Waals surface area contributed by atoms with E-state index in [0.29, 0.717) is 0 Å². The zero-order valence-electron chi connectivity index (χ0n) is 13.2. The molecule has 0 N–H and O–H groups in total. The van der Waals surface area contributed by atoms with Gasteiger partial charge in [0.15, 0.2) is 0 Å². The maximum atomic E-state index is 4.35. The summed E-state index contributed by atoms with van der Waals surface area (Å²) in [5.74, 6) is 0. The first-order chi connectivity index (χ1) is 10.3. The number of pyridine rings is 2. The zero-order valence-corrected chi connectivity index (χ0v) is 14.4. The third-order valence-corrected chi connectivity index (χ3v) is 7.54. The number of benzene rings is 1. The Morgan fingerprint density at radius 3 is 1.48 bits per heavy atom. The molecule has 0 aliphatic carbocycles. The van der Waals surface area contributed by atoms with E-state index in [2.05, 4.69) is 55.0 Å². The second kappa shape index (κ2) is 8.12. The van der Waals surface area contributed by atoms with E-state index in [1.54, 1.807) is 12.4 Å². The molecule has 0 saturated carbocycles. The zero-order chi connectivity index (χ0) is 15.1. The molecule has 3 heteroatoms. The molecule has 2 nitrogen and oxygen atoms in total. The molecule has 1 aromatic carbocycles. The lowest BCUT2D eigenvalue weighted by atomic mass is 10.1. The van der Waals surface area contributed by atoms with Crippen LogP contribution in [0.1, 0.15) is 20.8 Å². The van der Waals surface area contributed by atoms with Crippen LogP contribution >= 0.6 is 0 Å². The van der Waals surface area contributed by atoms with Crippen molar-refractivity contribution < 1.29 is 0 Å². The fourth-order valence-corrected chi connectivity index (χ4v) is 4.28. The van der Waals surface area contributed by atoms with Gasteiger partial charge in [-0.15, -0.1) is 0 Å². The van der Waals surface area contributed by atoms with Gasteiger partial charge in [-0.1, -0.05) is 60.9 Å². The van der Waals surface area contributed by atoms with Crippen LogP contribution in [0.4, 0.5) is 0 Å². The van der Waals surface area contributed by atoms with Crippen molar-refractivity contribution >= 4 is 36.0 Å². The quantitative estimate of drug-likeness (QED) is 0.482. The Balaban J connectivity index is 0.000000199. The summed E-state index contributed by atoms with van der Waals surface area (Å²) in [6.45, 7) is 6.97. The molecule has 0 fully saturated rings. The average molecular weight is 294 g/mol. The van der Waals surface area contributed by atoms with Gasteiger partial charge in [0.2, 0.25) is 0 Å². The molecule has 108 valence electrons. The van der Waals surface area contributed by atoms with Gasteiger partial charge in [-0.3, -0.25) is 9.97 Å². The molecule has 0 unspecified atom stereocenters. The minimum Gasteiger partial charge on any atom is -0.254 e. The molecule has 0 aliphatic rings. The van der Waals surface area contributed by atoms with Crippen LogP contribution in [-0.2, 0) is 0 Å². The number of hydrogen-bond donors (Lipinski definition) is 0. The maximum Gasteiger partial charge on any atom is 0.261 e. The smallest absolute Gasteiger partial charge is 0.254 e. The number of fused-ring (bicyclic) bond motifs is 3. The summed E-state index contributed by atoms with van der Waals surface area (Å²) in [7, 11) is 0. The highest BCUT2D eigenvalue weighted by atomic mass is 27.2. The van der Waals surface area contributed by atoms with E-state index in [1.165, 1.54) is 15.8 Å². The predicted octanol–water partition coefficient (Wildman–Crippen LogP) is 5.32. The van der Waals surface area contributed by atoms with Crippen LogP contribution in [0.25, 0.3) is 21.8 Å². The van der Waals surface area contributed by atoms with E-state index in [4.69, 9.17) is 0 Å². The first-order valence-corrected chi connectivity index (χ1v) is 10.3. The fourth-order valence-electron chi connectivity index (χ4n) is 2.55. The Kier molecular flexibility index (Phi) is 6.17. The minimum absolute atomic E-state index is 0.171. The highest BCUT2D eigenvalue weighted by Crippen LogP contribution is 2.20. The summed E-state index contributed by atoms with van der Waals surface area (Å²) in [5, 5.41) is 6.75. The van der Waals surface area contributed by atoms with Crippen LogP contribution < -0.4 is 0 Å². The van der Waals surface area contributed by atoms with E-state index in [-0.39, 0.29) is 14.1 Å². The molecule has 0 saturated heterocycles. The van der Waals surface area contributed by atoms with Crippen molar-refractivity contribution in [3.05, 3.63) is 48.8 Å². The first-order valence-electron chi connectivity index (χ1n) is 7.88. The first kappa shape index (κ1) is 16.0. The molecule has 21 heavy (non-hydrogen) atoms. The van der Waals surface area contributed by atoms with Crippen LogP contribution in [0.3, 0.4) is 0 Å². The Morgan fingerprint density at radius 1 is 0.714 bits per heavy atom. The standard InChI is InChI=1S/C12H8N2.3C2H5.Al/c1-3-9-5-6-10-4-2-8-14-12(10)11(9)13-7-1;3*1-2;/h1-8H;3*1H2,2H3;. The van der Waals surface area contributed by atoms with Gasteiger partial charge in [0.25, 0.3) is 14.1 Å². The third-order valence-electron chi connectivity index (χ3n) is 4.08. The van der Waals surface area contributed by atoms with E-state index in [1.807, 2.05) is 12.1 Å². The summed E-state index contributed by atoms with van der Waals surface area (Å²) >= 11 is -0.171.